The van der Waals surface area contributed by atoms with E-state index in [1.165, 1.54) is 0 Å². The standard InChI is InChI=1S/C11H6BrN5/c12-10-4-8(16-17-9(5-13)6-14)3-7-1-2-15-11(7)10/h1-4,15-16H. The van der Waals surface area contributed by atoms with Crippen molar-refractivity contribution >= 4 is 38.2 Å². The van der Waals surface area contributed by atoms with Crippen LogP contribution in [0.25, 0.3) is 10.9 Å². The average molecular weight is 288 g/mol. The van der Waals surface area contributed by atoms with Gasteiger partial charge in [0.05, 0.1) is 11.2 Å². The number of anilines is 1. The summed E-state index contributed by atoms with van der Waals surface area (Å²) in [6.45, 7) is 0. The summed E-state index contributed by atoms with van der Waals surface area (Å²) in [6.07, 6.45) is 1.83. The maximum absolute atomic E-state index is 8.54. The van der Waals surface area contributed by atoms with Crippen LogP contribution in [0.1, 0.15) is 0 Å². The molecule has 0 aliphatic rings. The number of fused-ring (bicyclic) bond motifs is 1. The van der Waals surface area contributed by atoms with Gasteiger partial charge in [0.25, 0.3) is 0 Å². The van der Waals surface area contributed by atoms with Gasteiger partial charge in [-0.2, -0.15) is 15.6 Å². The zero-order valence-electron chi connectivity index (χ0n) is 8.53. The van der Waals surface area contributed by atoms with Crippen LogP contribution in [0.3, 0.4) is 0 Å². The Labute approximate surface area is 105 Å². The van der Waals surface area contributed by atoms with Crippen LogP contribution in [-0.2, 0) is 0 Å². The lowest BCUT2D eigenvalue weighted by Gasteiger charge is -2.02. The van der Waals surface area contributed by atoms with Crippen LogP contribution in [0.2, 0.25) is 0 Å². The molecule has 1 aromatic heterocycles. The molecule has 5 nitrogen and oxygen atoms in total. The Hall–Kier alpha value is -2.31. The van der Waals surface area contributed by atoms with Crippen molar-refractivity contribution in [2.24, 2.45) is 5.10 Å². The van der Waals surface area contributed by atoms with Crippen molar-refractivity contribution in [2.75, 3.05) is 5.43 Å². The summed E-state index contributed by atoms with van der Waals surface area (Å²) >= 11 is 3.42. The fraction of sp³-hybridized carbons (Fsp3) is 0. The minimum Gasteiger partial charge on any atom is -0.360 e. The number of benzene rings is 1. The highest BCUT2D eigenvalue weighted by atomic mass is 79.9. The average Bonchev–Trinajstić information content (AvgIpc) is 2.79. The Balaban J connectivity index is 2.35. The van der Waals surface area contributed by atoms with E-state index in [9.17, 15) is 0 Å². The predicted molar refractivity (Wildman–Crippen MR) is 68.3 cm³/mol. The fourth-order valence-electron chi connectivity index (χ4n) is 1.39. The van der Waals surface area contributed by atoms with Crippen LogP contribution in [-0.4, -0.2) is 10.7 Å². The Bertz CT molecular complexity index is 655. The summed E-state index contributed by atoms with van der Waals surface area (Å²) in [6, 6.07) is 8.96. The summed E-state index contributed by atoms with van der Waals surface area (Å²) in [4.78, 5) is 3.09. The number of halogens is 1. The molecular formula is C11H6BrN5. The molecule has 0 bridgehead atoms. The summed E-state index contributed by atoms with van der Waals surface area (Å²) < 4.78 is 0.883. The van der Waals surface area contributed by atoms with E-state index in [2.05, 4.69) is 31.4 Å². The van der Waals surface area contributed by atoms with Gasteiger partial charge in [0, 0.05) is 16.1 Å². The lowest BCUT2D eigenvalue weighted by Crippen LogP contribution is -1.96. The normalized spacial score (nSPS) is 9.35. The van der Waals surface area contributed by atoms with Crippen molar-refractivity contribution < 1.29 is 0 Å². The van der Waals surface area contributed by atoms with E-state index in [-0.39, 0.29) is 5.71 Å². The van der Waals surface area contributed by atoms with E-state index in [1.807, 2.05) is 24.4 Å². The topological polar surface area (TPSA) is 87.8 Å². The van der Waals surface area contributed by atoms with Crippen LogP contribution in [0.5, 0.6) is 0 Å². The number of hydrogen-bond acceptors (Lipinski definition) is 4. The number of H-pyrrole nitrogens is 1. The number of nitrogens with one attached hydrogen (secondary N) is 2. The van der Waals surface area contributed by atoms with Crippen LogP contribution in [0.15, 0.2) is 34.0 Å². The van der Waals surface area contributed by atoms with Crippen molar-refractivity contribution in [2.45, 2.75) is 0 Å². The third-order valence-electron chi connectivity index (χ3n) is 2.12. The summed E-state index contributed by atoms with van der Waals surface area (Å²) in [7, 11) is 0. The first-order valence-corrected chi connectivity index (χ1v) is 5.44. The van der Waals surface area contributed by atoms with Crippen LogP contribution in [0.4, 0.5) is 5.69 Å². The second kappa shape index (κ2) is 4.69. The summed E-state index contributed by atoms with van der Waals surface area (Å²) in [5.41, 5.74) is 4.14. The van der Waals surface area contributed by atoms with Crippen molar-refractivity contribution in [1.82, 2.24) is 4.98 Å². The molecule has 0 aliphatic carbocycles. The molecule has 1 aromatic carbocycles. The first-order chi connectivity index (χ1) is 8.24. The Kier molecular flexibility index (Phi) is 3.08. The molecule has 0 saturated carbocycles. The maximum atomic E-state index is 8.54. The number of hydrazone groups is 1. The zero-order chi connectivity index (χ0) is 12.3. The molecule has 2 N–H and O–H groups in total. The molecule has 0 atom stereocenters. The highest BCUT2D eigenvalue weighted by Gasteiger charge is 2.02. The van der Waals surface area contributed by atoms with E-state index in [0.717, 1.165) is 15.4 Å². The summed E-state index contributed by atoms with van der Waals surface area (Å²) in [5.74, 6) is 0. The van der Waals surface area contributed by atoms with Crippen molar-refractivity contribution in [3.05, 3.63) is 28.9 Å². The lowest BCUT2D eigenvalue weighted by molar-refractivity contribution is 1.34. The molecule has 0 fully saturated rings. The maximum Gasteiger partial charge on any atom is 0.237 e. The monoisotopic (exact) mass is 287 g/mol. The third-order valence-corrected chi connectivity index (χ3v) is 2.75. The minimum absolute atomic E-state index is 0.213. The first-order valence-electron chi connectivity index (χ1n) is 4.65. The minimum atomic E-state index is -0.213. The van der Waals surface area contributed by atoms with Crippen molar-refractivity contribution in [1.29, 1.82) is 10.5 Å². The van der Waals surface area contributed by atoms with Gasteiger partial charge in [-0.1, -0.05) is 0 Å². The fourth-order valence-corrected chi connectivity index (χ4v) is 1.98. The second-order valence-corrected chi connectivity index (χ2v) is 4.05. The summed E-state index contributed by atoms with van der Waals surface area (Å²) in [5, 5.41) is 21.8. The number of aromatic amines is 1. The number of aromatic nitrogens is 1. The number of hydrogen-bond donors (Lipinski definition) is 2. The van der Waals surface area contributed by atoms with Gasteiger partial charge in [0.2, 0.25) is 5.71 Å². The SMILES string of the molecule is N#CC(C#N)=NNc1cc(Br)c2[nH]ccc2c1. The van der Waals surface area contributed by atoms with E-state index < -0.39 is 0 Å². The molecule has 2 rings (SSSR count). The Morgan fingerprint density at radius 3 is 2.82 bits per heavy atom. The predicted octanol–water partition coefficient (Wildman–Crippen LogP) is 2.75. The first kappa shape index (κ1) is 11.2. The number of nitrogens with zero attached hydrogens (tertiary/aromatic N) is 3. The van der Waals surface area contributed by atoms with E-state index in [1.54, 1.807) is 12.1 Å². The molecule has 2 aromatic rings. The molecule has 0 spiro atoms. The largest absolute Gasteiger partial charge is 0.360 e. The quantitative estimate of drug-likeness (QED) is 0.657. The molecule has 0 saturated heterocycles. The zero-order valence-corrected chi connectivity index (χ0v) is 10.1. The Morgan fingerprint density at radius 1 is 1.35 bits per heavy atom. The number of rotatable bonds is 2. The molecular weight excluding hydrogens is 282 g/mol. The highest BCUT2D eigenvalue weighted by Crippen LogP contribution is 2.27. The van der Waals surface area contributed by atoms with E-state index in [4.69, 9.17) is 10.5 Å². The molecule has 0 amide bonds. The van der Waals surface area contributed by atoms with Crippen LogP contribution in [0, 0.1) is 22.7 Å². The van der Waals surface area contributed by atoms with Crippen LogP contribution < -0.4 is 5.43 Å². The van der Waals surface area contributed by atoms with Gasteiger partial charge < -0.3 is 4.98 Å². The van der Waals surface area contributed by atoms with E-state index in [0.29, 0.717) is 5.69 Å². The molecule has 17 heavy (non-hydrogen) atoms. The van der Waals surface area contributed by atoms with E-state index >= 15 is 0 Å². The molecule has 0 radical (unpaired) electrons. The van der Waals surface area contributed by atoms with Gasteiger partial charge in [-0.3, -0.25) is 5.43 Å². The third kappa shape index (κ3) is 2.27. The van der Waals surface area contributed by atoms with Crippen molar-refractivity contribution in [3.8, 4) is 12.1 Å². The molecule has 82 valence electrons. The van der Waals surface area contributed by atoms with Gasteiger partial charge in [0.1, 0.15) is 12.1 Å². The lowest BCUT2D eigenvalue weighted by atomic mass is 10.2. The molecule has 0 aliphatic heterocycles. The smallest absolute Gasteiger partial charge is 0.237 e. The highest BCUT2D eigenvalue weighted by molar-refractivity contribution is 9.10. The van der Waals surface area contributed by atoms with Gasteiger partial charge in [0.15, 0.2) is 0 Å². The molecule has 1 heterocycles. The van der Waals surface area contributed by atoms with Crippen molar-refractivity contribution in [3.63, 3.8) is 0 Å². The number of nitriles is 2. The Morgan fingerprint density at radius 2 is 2.12 bits per heavy atom. The van der Waals surface area contributed by atoms with Crippen LogP contribution >= 0.6 is 15.9 Å². The van der Waals surface area contributed by atoms with Gasteiger partial charge in [-0.25, -0.2) is 0 Å². The van der Waals surface area contributed by atoms with Gasteiger partial charge in [-0.05, 0) is 34.1 Å². The molecule has 0 unspecified atom stereocenters. The van der Waals surface area contributed by atoms with Gasteiger partial charge >= 0.3 is 0 Å². The van der Waals surface area contributed by atoms with Gasteiger partial charge in [-0.15, -0.1) is 0 Å². The second-order valence-electron chi connectivity index (χ2n) is 3.20. The molecule has 6 heteroatoms.